The maximum absolute atomic E-state index is 5.47. The van der Waals surface area contributed by atoms with Crippen molar-refractivity contribution in [2.24, 2.45) is 10.7 Å². The monoisotopic (exact) mass is 204 g/mol. The minimum absolute atomic E-state index is 0.153. The van der Waals surface area contributed by atoms with Crippen molar-refractivity contribution in [2.45, 2.75) is 25.4 Å². The molecule has 2 atom stereocenters. The summed E-state index contributed by atoms with van der Waals surface area (Å²) in [5, 5.41) is 0. The van der Waals surface area contributed by atoms with E-state index in [1.54, 1.807) is 0 Å². The normalized spacial score (nSPS) is 21.9. The lowest BCUT2D eigenvalue weighted by molar-refractivity contribution is 0.201. The zero-order valence-electron chi connectivity index (χ0n) is 8.89. The van der Waals surface area contributed by atoms with Crippen molar-refractivity contribution >= 4 is 6.02 Å². The van der Waals surface area contributed by atoms with Gasteiger partial charge in [-0.25, -0.2) is 4.99 Å². The van der Waals surface area contributed by atoms with E-state index in [1.165, 1.54) is 5.56 Å². The van der Waals surface area contributed by atoms with Gasteiger partial charge in [0.25, 0.3) is 6.02 Å². The summed E-state index contributed by atoms with van der Waals surface area (Å²) in [6, 6.07) is 10.8. The van der Waals surface area contributed by atoms with Crippen molar-refractivity contribution in [3.05, 3.63) is 35.9 Å². The minimum Gasteiger partial charge on any atom is -0.460 e. The standard InChI is InChI=1S/C12H16N2O/c1-9(10-5-3-2-4-6-10)7-11-8-14-12(13)15-11/h2-6,9,11H,7-8H2,1H3,(H2,13,14). The predicted molar refractivity (Wildman–Crippen MR) is 60.8 cm³/mol. The average molecular weight is 204 g/mol. The Morgan fingerprint density at radius 3 is 2.80 bits per heavy atom. The van der Waals surface area contributed by atoms with Gasteiger partial charge in [0.15, 0.2) is 0 Å². The molecule has 2 rings (SSSR count). The Bertz CT molecular complexity index is 348. The molecule has 3 nitrogen and oxygen atoms in total. The second kappa shape index (κ2) is 4.34. The van der Waals surface area contributed by atoms with E-state index in [-0.39, 0.29) is 6.10 Å². The molecule has 1 heterocycles. The molecule has 0 aliphatic carbocycles. The first-order chi connectivity index (χ1) is 7.25. The topological polar surface area (TPSA) is 47.6 Å². The summed E-state index contributed by atoms with van der Waals surface area (Å²) in [5.41, 5.74) is 6.81. The molecular formula is C12H16N2O. The molecule has 2 N–H and O–H groups in total. The van der Waals surface area contributed by atoms with Crippen LogP contribution in [0.5, 0.6) is 0 Å². The maximum Gasteiger partial charge on any atom is 0.282 e. The lowest BCUT2D eigenvalue weighted by Crippen LogP contribution is -2.19. The SMILES string of the molecule is CC(CC1CN=C(N)O1)c1ccccc1. The van der Waals surface area contributed by atoms with E-state index in [0.29, 0.717) is 18.5 Å². The Balaban J connectivity index is 1.91. The molecule has 0 spiro atoms. The second-order valence-corrected chi connectivity index (χ2v) is 3.97. The van der Waals surface area contributed by atoms with Crippen LogP contribution >= 0.6 is 0 Å². The zero-order chi connectivity index (χ0) is 10.7. The van der Waals surface area contributed by atoms with E-state index in [9.17, 15) is 0 Å². The van der Waals surface area contributed by atoms with Crippen molar-refractivity contribution < 1.29 is 4.74 Å². The molecule has 0 bridgehead atoms. The Hall–Kier alpha value is -1.51. The number of benzene rings is 1. The molecule has 0 radical (unpaired) electrons. The van der Waals surface area contributed by atoms with Gasteiger partial charge in [-0.15, -0.1) is 0 Å². The number of nitrogens with two attached hydrogens (primary N) is 1. The third kappa shape index (κ3) is 2.49. The Kier molecular flexibility index (Phi) is 2.90. The molecule has 0 fully saturated rings. The van der Waals surface area contributed by atoms with Gasteiger partial charge >= 0.3 is 0 Å². The molecule has 0 saturated heterocycles. The molecular weight excluding hydrogens is 188 g/mol. The highest BCUT2D eigenvalue weighted by atomic mass is 16.5. The van der Waals surface area contributed by atoms with Crippen LogP contribution in [-0.4, -0.2) is 18.7 Å². The van der Waals surface area contributed by atoms with Gasteiger partial charge in [-0.2, -0.15) is 0 Å². The minimum atomic E-state index is 0.153. The summed E-state index contributed by atoms with van der Waals surface area (Å²) in [5.74, 6) is 0.484. The third-order valence-electron chi connectivity index (χ3n) is 2.72. The first-order valence-electron chi connectivity index (χ1n) is 5.27. The summed E-state index contributed by atoms with van der Waals surface area (Å²) in [7, 11) is 0. The third-order valence-corrected chi connectivity index (χ3v) is 2.72. The molecule has 0 saturated carbocycles. The van der Waals surface area contributed by atoms with Crippen LogP contribution in [0.15, 0.2) is 35.3 Å². The van der Waals surface area contributed by atoms with E-state index in [1.807, 2.05) is 6.07 Å². The highest BCUT2D eigenvalue weighted by Crippen LogP contribution is 2.22. The fourth-order valence-corrected chi connectivity index (χ4v) is 1.87. The molecule has 2 unspecified atom stereocenters. The number of ether oxygens (including phenoxy) is 1. The van der Waals surface area contributed by atoms with Gasteiger partial charge in [-0.1, -0.05) is 37.3 Å². The van der Waals surface area contributed by atoms with Crippen molar-refractivity contribution in [1.29, 1.82) is 0 Å². The van der Waals surface area contributed by atoms with Crippen molar-refractivity contribution in [1.82, 2.24) is 0 Å². The Morgan fingerprint density at radius 2 is 2.20 bits per heavy atom. The molecule has 15 heavy (non-hydrogen) atoms. The van der Waals surface area contributed by atoms with E-state index in [0.717, 1.165) is 6.42 Å². The zero-order valence-corrected chi connectivity index (χ0v) is 8.89. The molecule has 1 aromatic rings. The fraction of sp³-hybridized carbons (Fsp3) is 0.417. The summed E-state index contributed by atoms with van der Waals surface area (Å²) >= 11 is 0. The smallest absolute Gasteiger partial charge is 0.282 e. The van der Waals surface area contributed by atoms with E-state index in [2.05, 4.69) is 36.2 Å². The van der Waals surface area contributed by atoms with Crippen LogP contribution in [0.4, 0.5) is 0 Å². The van der Waals surface area contributed by atoms with Crippen molar-refractivity contribution in [2.75, 3.05) is 6.54 Å². The highest BCUT2D eigenvalue weighted by Gasteiger charge is 2.20. The Labute approximate surface area is 90.0 Å². The van der Waals surface area contributed by atoms with Gasteiger partial charge in [0, 0.05) is 0 Å². The van der Waals surface area contributed by atoms with Crippen molar-refractivity contribution in [3.8, 4) is 0 Å². The van der Waals surface area contributed by atoms with E-state index in [4.69, 9.17) is 10.5 Å². The average Bonchev–Trinajstić information content (AvgIpc) is 2.65. The lowest BCUT2D eigenvalue weighted by atomic mass is 9.95. The van der Waals surface area contributed by atoms with Gasteiger partial charge in [0.05, 0.1) is 6.54 Å². The van der Waals surface area contributed by atoms with Crippen LogP contribution in [0, 0.1) is 0 Å². The number of hydrogen-bond acceptors (Lipinski definition) is 3. The first-order valence-corrected chi connectivity index (χ1v) is 5.27. The molecule has 0 aromatic heterocycles. The summed E-state index contributed by atoms with van der Waals surface area (Å²) < 4.78 is 5.38. The first kappa shape index (κ1) is 10.0. The summed E-state index contributed by atoms with van der Waals surface area (Å²) in [4.78, 5) is 4.04. The van der Waals surface area contributed by atoms with Crippen LogP contribution in [0.3, 0.4) is 0 Å². The number of rotatable bonds is 3. The van der Waals surface area contributed by atoms with Crippen molar-refractivity contribution in [3.63, 3.8) is 0 Å². The fourth-order valence-electron chi connectivity index (χ4n) is 1.87. The van der Waals surface area contributed by atoms with Crippen LogP contribution in [-0.2, 0) is 4.74 Å². The maximum atomic E-state index is 5.47. The molecule has 1 aromatic carbocycles. The van der Waals surface area contributed by atoms with Gasteiger partial charge in [-0.05, 0) is 17.9 Å². The highest BCUT2D eigenvalue weighted by molar-refractivity contribution is 5.72. The summed E-state index contributed by atoms with van der Waals surface area (Å²) in [6.45, 7) is 2.90. The van der Waals surface area contributed by atoms with Crippen LogP contribution < -0.4 is 5.73 Å². The van der Waals surface area contributed by atoms with Gasteiger partial charge < -0.3 is 10.5 Å². The van der Waals surface area contributed by atoms with Gasteiger partial charge in [0.1, 0.15) is 6.10 Å². The van der Waals surface area contributed by atoms with E-state index >= 15 is 0 Å². The number of amidine groups is 1. The largest absolute Gasteiger partial charge is 0.460 e. The van der Waals surface area contributed by atoms with Crippen LogP contribution in [0.1, 0.15) is 24.8 Å². The lowest BCUT2D eigenvalue weighted by Gasteiger charge is -2.16. The number of hydrogen-bond donors (Lipinski definition) is 1. The molecule has 0 amide bonds. The number of aliphatic imine (C=N–C) groups is 1. The molecule has 80 valence electrons. The van der Waals surface area contributed by atoms with Crippen LogP contribution in [0.25, 0.3) is 0 Å². The molecule has 1 aliphatic rings. The van der Waals surface area contributed by atoms with Crippen LogP contribution in [0.2, 0.25) is 0 Å². The quantitative estimate of drug-likeness (QED) is 0.817. The van der Waals surface area contributed by atoms with Gasteiger partial charge in [-0.3, -0.25) is 0 Å². The second-order valence-electron chi connectivity index (χ2n) is 3.97. The van der Waals surface area contributed by atoms with E-state index < -0.39 is 0 Å². The summed E-state index contributed by atoms with van der Waals surface area (Å²) in [6.07, 6.45) is 1.12. The Morgan fingerprint density at radius 1 is 1.47 bits per heavy atom. The molecule has 1 aliphatic heterocycles. The number of nitrogens with zero attached hydrogens (tertiary/aromatic N) is 1. The predicted octanol–water partition coefficient (Wildman–Crippen LogP) is 1.89. The molecule has 3 heteroatoms. The van der Waals surface area contributed by atoms with Gasteiger partial charge in [0.2, 0.25) is 0 Å².